The van der Waals surface area contributed by atoms with Gasteiger partial charge in [0, 0.05) is 19.8 Å². The zero-order valence-electron chi connectivity index (χ0n) is 8.95. The Bertz CT molecular complexity index is 355. The van der Waals surface area contributed by atoms with Crippen molar-refractivity contribution < 1.29 is 4.74 Å². The molecule has 0 aliphatic carbocycles. The molecule has 1 aromatic heterocycles. The summed E-state index contributed by atoms with van der Waals surface area (Å²) in [6.07, 6.45) is 3.67. The van der Waals surface area contributed by atoms with Gasteiger partial charge in [0.1, 0.15) is 22.4 Å². The SMILES string of the molecule is Nc1ncnc(NCC2CCOCC2)c1Br. The molecule has 0 aromatic carbocycles. The molecule has 5 nitrogen and oxygen atoms in total. The van der Waals surface area contributed by atoms with Crippen LogP contribution in [0.4, 0.5) is 11.6 Å². The van der Waals surface area contributed by atoms with Crippen molar-refractivity contribution in [3.8, 4) is 0 Å². The number of hydrogen-bond donors (Lipinski definition) is 2. The van der Waals surface area contributed by atoms with Crippen molar-refractivity contribution in [3.63, 3.8) is 0 Å². The monoisotopic (exact) mass is 286 g/mol. The summed E-state index contributed by atoms with van der Waals surface area (Å²) in [7, 11) is 0. The second kappa shape index (κ2) is 5.45. The van der Waals surface area contributed by atoms with Gasteiger partial charge < -0.3 is 15.8 Å². The highest BCUT2D eigenvalue weighted by atomic mass is 79.9. The van der Waals surface area contributed by atoms with Crippen LogP contribution in [0, 0.1) is 5.92 Å². The van der Waals surface area contributed by atoms with E-state index >= 15 is 0 Å². The molecule has 1 aliphatic heterocycles. The van der Waals surface area contributed by atoms with E-state index in [0.29, 0.717) is 11.7 Å². The van der Waals surface area contributed by atoms with Gasteiger partial charge in [0.25, 0.3) is 0 Å². The van der Waals surface area contributed by atoms with Gasteiger partial charge in [0.05, 0.1) is 0 Å². The largest absolute Gasteiger partial charge is 0.383 e. The Balaban J connectivity index is 1.91. The van der Waals surface area contributed by atoms with Crippen LogP contribution in [0.5, 0.6) is 0 Å². The molecule has 1 aromatic rings. The predicted octanol–water partition coefficient (Wildman–Crippen LogP) is 1.66. The zero-order chi connectivity index (χ0) is 11.4. The molecule has 0 saturated carbocycles. The highest BCUT2D eigenvalue weighted by molar-refractivity contribution is 9.10. The molecule has 0 spiro atoms. The lowest BCUT2D eigenvalue weighted by atomic mass is 10.0. The van der Waals surface area contributed by atoms with Crippen LogP contribution < -0.4 is 11.1 Å². The Hall–Kier alpha value is -0.880. The van der Waals surface area contributed by atoms with Crippen LogP contribution in [0.15, 0.2) is 10.8 Å². The maximum Gasteiger partial charge on any atom is 0.145 e. The van der Waals surface area contributed by atoms with Crippen LogP contribution in [-0.2, 0) is 4.74 Å². The first kappa shape index (κ1) is 11.6. The van der Waals surface area contributed by atoms with Gasteiger partial charge in [-0.25, -0.2) is 9.97 Å². The fourth-order valence-electron chi connectivity index (χ4n) is 1.70. The number of nitrogens with one attached hydrogen (secondary N) is 1. The third-order valence-corrected chi connectivity index (χ3v) is 3.50. The number of halogens is 1. The third-order valence-electron chi connectivity index (χ3n) is 2.72. The van der Waals surface area contributed by atoms with E-state index in [1.54, 1.807) is 0 Å². The lowest BCUT2D eigenvalue weighted by molar-refractivity contribution is 0.0699. The number of nitrogens with two attached hydrogens (primary N) is 1. The molecule has 0 amide bonds. The molecule has 2 rings (SSSR count). The summed E-state index contributed by atoms with van der Waals surface area (Å²) in [4.78, 5) is 8.04. The average Bonchev–Trinajstić information content (AvgIpc) is 2.32. The normalized spacial score (nSPS) is 17.3. The van der Waals surface area contributed by atoms with Crippen molar-refractivity contribution in [2.24, 2.45) is 5.92 Å². The number of nitrogens with zero attached hydrogens (tertiary/aromatic N) is 2. The summed E-state index contributed by atoms with van der Waals surface area (Å²) < 4.78 is 6.05. The second-order valence-corrected chi connectivity index (χ2v) is 4.65. The van der Waals surface area contributed by atoms with E-state index in [2.05, 4.69) is 31.2 Å². The van der Waals surface area contributed by atoms with Crippen LogP contribution >= 0.6 is 15.9 Å². The van der Waals surface area contributed by atoms with Crippen LogP contribution in [0.2, 0.25) is 0 Å². The minimum atomic E-state index is 0.462. The lowest BCUT2D eigenvalue weighted by Crippen LogP contribution is -2.23. The van der Waals surface area contributed by atoms with Gasteiger partial charge in [-0.3, -0.25) is 0 Å². The molecule has 0 unspecified atom stereocenters. The number of rotatable bonds is 3. The fraction of sp³-hybridized carbons (Fsp3) is 0.600. The summed E-state index contributed by atoms with van der Waals surface area (Å²) >= 11 is 3.37. The standard InChI is InChI=1S/C10H15BrN4O/c11-8-9(12)14-6-15-10(8)13-5-7-1-3-16-4-2-7/h6-7H,1-5H2,(H3,12,13,14,15). The van der Waals surface area contributed by atoms with E-state index in [-0.39, 0.29) is 0 Å². The number of nitrogen functional groups attached to an aromatic ring is 1. The molecule has 0 radical (unpaired) electrons. The smallest absolute Gasteiger partial charge is 0.145 e. The summed E-state index contributed by atoms with van der Waals surface area (Å²) in [6.45, 7) is 2.62. The van der Waals surface area contributed by atoms with Crippen molar-refractivity contribution >= 4 is 27.6 Å². The summed E-state index contributed by atoms with van der Waals surface area (Å²) in [6, 6.07) is 0. The number of anilines is 2. The number of ether oxygens (including phenoxy) is 1. The van der Waals surface area contributed by atoms with E-state index in [0.717, 1.165) is 42.9 Å². The van der Waals surface area contributed by atoms with E-state index in [4.69, 9.17) is 10.5 Å². The molecule has 1 fully saturated rings. The average molecular weight is 287 g/mol. The highest BCUT2D eigenvalue weighted by Crippen LogP contribution is 2.24. The molecule has 2 heterocycles. The molecule has 1 saturated heterocycles. The van der Waals surface area contributed by atoms with Gasteiger partial charge in [-0.15, -0.1) is 0 Å². The quantitative estimate of drug-likeness (QED) is 0.884. The van der Waals surface area contributed by atoms with Crippen molar-refractivity contribution in [2.45, 2.75) is 12.8 Å². The first-order valence-electron chi connectivity index (χ1n) is 5.35. The van der Waals surface area contributed by atoms with Gasteiger partial charge in [0.15, 0.2) is 0 Å². The van der Waals surface area contributed by atoms with Crippen LogP contribution in [-0.4, -0.2) is 29.7 Å². The van der Waals surface area contributed by atoms with E-state index in [9.17, 15) is 0 Å². The Kier molecular flexibility index (Phi) is 3.95. The molecule has 88 valence electrons. The van der Waals surface area contributed by atoms with Gasteiger partial charge in [-0.05, 0) is 34.7 Å². The highest BCUT2D eigenvalue weighted by Gasteiger charge is 2.14. The number of hydrogen-bond acceptors (Lipinski definition) is 5. The molecule has 0 atom stereocenters. The molecule has 0 bridgehead atoms. The van der Waals surface area contributed by atoms with Crippen molar-refractivity contribution in [2.75, 3.05) is 30.8 Å². The van der Waals surface area contributed by atoms with Crippen LogP contribution in [0.3, 0.4) is 0 Å². The van der Waals surface area contributed by atoms with Gasteiger partial charge >= 0.3 is 0 Å². The Morgan fingerprint density at radius 2 is 2.19 bits per heavy atom. The second-order valence-electron chi connectivity index (χ2n) is 3.86. The van der Waals surface area contributed by atoms with Gasteiger partial charge in [0.2, 0.25) is 0 Å². The van der Waals surface area contributed by atoms with Crippen LogP contribution in [0.1, 0.15) is 12.8 Å². The van der Waals surface area contributed by atoms with Crippen LogP contribution in [0.25, 0.3) is 0 Å². The lowest BCUT2D eigenvalue weighted by Gasteiger charge is -2.22. The summed E-state index contributed by atoms with van der Waals surface area (Å²) in [5, 5.41) is 3.29. The predicted molar refractivity (Wildman–Crippen MR) is 66.2 cm³/mol. The van der Waals surface area contributed by atoms with E-state index in [1.807, 2.05) is 0 Å². The minimum absolute atomic E-state index is 0.462. The van der Waals surface area contributed by atoms with Gasteiger partial charge in [-0.2, -0.15) is 0 Å². The van der Waals surface area contributed by atoms with Gasteiger partial charge in [-0.1, -0.05) is 0 Å². The molecule has 16 heavy (non-hydrogen) atoms. The molecular weight excluding hydrogens is 272 g/mol. The molecule has 3 N–H and O–H groups in total. The Labute approximate surface area is 103 Å². The first-order chi connectivity index (χ1) is 7.77. The molecular formula is C10H15BrN4O. The van der Waals surface area contributed by atoms with Crippen molar-refractivity contribution in [1.29, 1.82) is 0 Å². The topological polar surface area (TPSA) is 73.1 Å². The molecule has 1 aliphatic rings. The Morgan fingerprint density at radius 3 is 2.94 bits per heavy atom. The minimum Gasteiger partial charge on any atom is -0.383 e. The molecule has 6 heteroatoms. The van der Waals surface area contributed by atoms with E-state index < -0.39 is 0 Å². The zero-order valence-corrected chi connectivity index (χ0v) is 10.5. The van der Waals surface area contributed by atoms with Crippen molar-refractivity contribution in [1.82, 2.24) is 9.97 Å². The maximum absolute atomic E-state index is 5.67. The fourth-order valence-corrected chi connectivity index (χ4v) is 2.04. The van der Waals surface area contributed by atoms with Crippen molar-refractivity contribution in [3.05, 3.63) is 10.8 Å². The third kappa shape index (κ3) is 2.82. The summed E-state index contributed by atoms with van der Waals surface area (Å²) in [5.41, 5.74) is 5.67. The maximum atomic E-state index is 5.67. The number of aromatic nitrogens is 2. The van der Waals surface area contributed by atoms with E-state index in [1.165, 1.54) is 6.33 Å². The Morgan fingerprint density at radius 1 is 1.44 bits per heavy atom. The first-order valence-corrected chi connectivity index (χ1v) is 6.14. The summed E-state index contributed by atoms with van der Waals surface area (Å²) in [5.74, 6) is 1.88.